The molecule has 1 unspecified atom stereocenters. The van der Waals surface area contributed by atoms with E-state index in [4.69, 9.17) is 4.74 Å². The average Bonchev–Trinajstić information content (AvgIpc) is 2.34. The van der Waals surface area contributed by atoms with Crippen molar-refractivity contribution in [3.8, 4) is 5.75 Å². The Bertz CT molecular complexity index is 371. The van der Waals surface area contributed by atoms with E-state index in [1.165, 1.54) is 6.07 Å². The van der Waals surface area contributed by atoms with Crippen LogP contribution < -0.4 is 10.1 Å². The average molecular weight is 271 g/mol. The Balaban J connectivity index is 2.92. The van der Waals surface area contributed by atoms with Crippen molar-refractivity contribution < 1.29 is 9.13 Å². The summed E-state index contributed by atoms with van der Waals surface area (Å²) in [5, 5.41) is 3.95. The molecule has 1 aromatic rings. The van der Waals surface area contributed by atoms with E-state index in [-0.39, 0.29) is 11.9 Å². The minimum Gasteiger partial charge on any atom is -0.496 e. The number of methoxy groups -OCH3 is 1. The summed E-state index contributed by atoms with van der Waals surface area (Å²) in [6, 6.07) is 4.80. The monoisotopic (exact) mass is 271 g/mol. The number of benzene rings is 1. The topological polar surface area (TPSA) is 21.3 Å². The second-order valence-electron chi connectivity index (χ2n) is 4.38. The first-order valence-electron chi connectivity index (χ1n) is 6.26. The Morgan fingerprint density at radius 3 is 2.67 bits per heavy atom. The van der Waals surface area contributed by atoms with E-state index in [2.05, 4.69) is 26.1 Å². The highest BCUT2D eigenvalue weighted by molar-refractivity contribution is 7.99. The van der Waals surface area contributed by atoms with Crippen molar-refractivity contribution in [2.75, 3.05) is 19.4 Å². The van der Waals surface area contributed by atoms with Crippen LogP contribution in [0.1, 0.15) is 32.4 Å². The van der Waals surface area contributed by atoms with Gasteiger partial charge in [0.05, 0.1) is 7.11 Å². The minimum absolute atomic E-state index is 0.119. The van der Waals surface area contributed by atoms with Gasteiger partial charge in [-0.15, -0.1) is 0 Å². The van der Waals surface area contributed by atoms with Crippen LogP contribution in [0.25, 0.3) is 0 Å². The molecule has 0 saturated heterocycles. The number of thioether (sulfide) groups is 1. The third-order valence-corrected chi connectivity index (χ3v) is 3.81. The summed E-state index contributed by atoms with van der Waals surface area (Å²) in [4.78, 5) is 0. The van der Waals surface area contributed by atoms with Crippen molar-refractivity contribution in [3.05, 3.63) is 29.6 Å². The standard InChI is InChI=1S/C14H22FNOS/c1-5-16-13(9-18-10(2)3)12-8-11(15)6-7-14(12)17-4/h6-8,10,13,16H,5,9H2,1-4H3. The molecule has 0 aliphatic rings. The van der Waals surface area contributed by atoms with Gasteiger partial charge in [-0.1, -0.05) is 20.8 Å². The molecule has 0 amide bonds. The van der Waals surface area contributed by atoms with Crippen molar-refractivity contribution >= 4 is 11.8 Å². The molecule has 1 aromatic carbocycles. The molecule has 1 rings (SSSR count). The maximum atomic E-state index is 13.4. The molecule has 4 heteroatoms. The van der Waals surface area contributed by atoms with Gasteiger partial charge in [-0.05, 0) is 30.0 Å². The second-order valence-corrected chi connectivity index (χ2v) is 5.99. The normalized spacial score (nSPS) is 12.8. The van der Waals surface area contributed by atoms with E-state index in [1.54, 1.807) is 19.2 Å². The van der Waals surface area contributed by atoms with Crippen LogP contribution in [0, 0.1) is 5.82 Å². The van der Waals surface area contributed by atoms with Gasteiger partial charge in [0.15, 0.2) is 0 Å². The highest BCUT2D eigenvalue weighted by Crippen LogP contribution is 2.29. The van der Waals surface area contributed by atoms with Crippen LogP contribution in [-0.4, -0.2) is 24.7 Å². The van der Waals surface area contributed by atoms with E-state index in [0.29, 0.717) is 5.25 Å². The Morgan fingerprint density at radius 1 is 1.39 bits per heavy atom. The molecule has 1 atom stereocenters. The van der Waals surface area contributed by atoms with Crippen LogP contribution in [-0.2, 0) is 0 Å². The molecular formula is C14H22FNOS. The molecule has 0 aromatic heterocycles. The van der Waals surface area contributed by atoms with Crippen LogP contribution in [0.2, 0.25) is 0 Å². The van der Waals surface area contributed by atoms with Gasteiger partial charge < -0.3 is 10.1 Å². The van der Waals surface area contributed by atoms with Crippen molar-refractivity contribution in [1.29, 1.82) is 0 Å². The molecule has 0 aliphatic heterocycles. The third kappa shape index (κ3) is 4.50. The zero-order valence-electron chi connectivity index (χ0n) is 11.5. The molecule has 1 N–H and O–H groups in total. The van der Waals surface area contributed by atoms with Crippen LogP contribution >= 0.6 is 11.8 Å². The van der Waals surface area contributed by atoms with E-state index in [0.717, 1.165) is 23.6 Å². The highest BCUT2D eigenvalue weighted by Gasteiger charge is 2.16. The number of nitrogens with one attached hydrogen (secondary N) is 1. The first-order chi connectivity index (χ1) is 8.58. The van der Waals surface area contributed by atoms with E-state index in [1.807, 2.05) is 11.8 Å². The molecule has 0 radical (unpaired) electrons. The Hall–Kier alpha value is -0.740. The molecule has 0 spiro atoms. The highest BCUT2D eigenvalue weighted by atomic mass is 32.2. The summed E-state index contributed by atoms with van der Waals surface area (Å²) in [5.74, 6) is 1.43. The van der Waals surface area contributed by atoms with Crippen molar-refractivity contribution in [3.63, 3.8) is 0 Å². The number of halogens is 1. The molecule has 2 nitrogen and oxygen atoms in total. The summed E-state index contributed by atoms with van der Waals surface area (Å²) >= 11 is 1.86. The maximum absolute atomic E-state index is 13.4. The number of hydrogen-bond donors (Lipinski definition) is 1. The molecule has 102 valence electrons. The van der Waals surface area contributed by atoms with Crippen molar-refractivity contribution in [2.24, 2.45) is 0 Å². The molecule has 0 heterocycles. The van der Waals surface area contributed by atoms with Gasteiger partial charge in [0.25, 0.3) is 0 Å². The minimum atomic E-state index is -0.219. The quantitative estimate of drug-likeness (QED) is 0.818. The van der Waals surface area contributed by atoms with E-state index < -0.39 is 0 Å². The molecule has 0 aliphatic carbocycles. The van der Waals surface area contributed by atoms with Gasteiger partial charge in [0, 0.05) is 17.4 Å². The third-order valence-electron chi connectivity index (χ3n) is 2.61. The lowest BCUT2D eigenvalue weighted by atomic mass is 10.1. The van der Waals surface area contributed by atoms with Gasteiger partial charge in [-0.2, -0.15) is 11.8 Å². The molecule has 18 heavy (non-hydrogen) atoms. The lowest BCUT2D eigenvalue weighted by Gasteiger charge is -2.21. The number of rotatable bonds is 7. The van der Waals surface area contributed by atoms with Gasteiger partial charge in [-0.25, -0.2) is 4.39 Å². The van der Waals surface area contributed by atoms with Crippen molar-refractivity contribution in [2.45, 2.75) is 32.1 Å². The predicted octanol–water partition coefficient (Wildman–Crippen LogP) is 3.63. The van der Waals surface area contributed by atoms with Crippen LogP contribution in [0.3, 0.4) is 0 Å². The Kier molecular flexibility index (Phi) is 6.50. The summed E-state index contributed by atoms with van der Waals surface area (Å²) in [6.07, 6.45) is 0. The molecular weight excluding hydrogens is 249 g/mol. The maximum Gasteiger partial charge on any atom is 0.123 e. The summed E-state index contributed by atoms with van der Waals surface area (Å²) in [7, 11) is 1.62. The second kappa shape index (κ2) is 7.64. The Morgan fingerprint density at radius 2 is 2.11 bits per heavy atom. The van der Waals surface area contributed by atoms with Crippen LogP contribution in [0.15, 0.2) is 18.2 Å². The fourth-order valence-electron chi connectivity index (χ4n) is 1.77. The Labute approximate surface area is 113 Å². The van der Waals surface area contributed by atoms with Crippen molar-refractivity contribution in [1.82, 2.24) is 5.32 Å². The fourth-order valence-corrected chi connectivity index (χ4v) is 2.65. The number of hydrogen-bond acceptors (Lipinski definition) is 3. The van der Waals surface area contributed by atoms with E-state index in [9.17, 15) is 4.39 Å². The first-order valence-corrected chi connectivity index (χ1v) is 7.31. The van der Waals surface area contributed by atoms with Crippen LogP contribution in [0.5, 0.6) is 5.75 Å². The molecule has 0 bridgehead atoms. The van der Waals surface area contributed by atoms with Gasteiger partial charge in [0.1, 0.15) is 11.6 Å². The first kappa shape index (κ1) is 15.3. The summed E-state index contributed by atoms with van der Waals surface area (Å²) in [6.45, 7) is 7.23. The van der Waals surface area contributed by atoms with Gasteiger partial charge in [0.2, 0.25) is 0 Å². The molecule has 0 fully saturated rings. The SMILES string of the molecule is CCNC(CSC(C)C)c1cc(F)ccc1OC. The van der Waals surface area contributed by atoms with Crippen LogP contribution in [0.4, 0.5) is 4.39 Å². The predicted molar refractivity (Wildman–Crippen MR) is 77.0 cm³/mol. The fraction of sp³-hybridized carbons (Fsp3) is 0.571. The zero-order chi connectivity index (χ0) is 13.5. The number of ether oxygens (including phenoxy) is 1. The van der Waals surface area contributed by atoms with Gasteiger partial charge in [-0.3, -0.25) is 0 Å². The van der Waals surface area contributed by atoms with E-state index >= 15 is 0 Å². The summed E-state index contributed by atoms with van der Waals surface area (Å²) < 4.78 is 18.7. The largest absolute Gasteiger partial charge is 0.496 e. The zero-order valence-corrected chi connectivity index (χ0v) is 12.3. The lowest BCUT2D eigenvalue weighted by Crippen LogP contribution is -2.24. The summed E-state index contributed by atoms with van der Waals surface area (Å²) in [5.41, 5.74) is 0.896. The molecule has 0 saturated carbocycles. The lowest BCUT2D eigenvalue weighted by molar-refractivity contribution is 0.401. The van der Waals surface area contributed by atoms with Gasteiger partial charge >= 0.3 is 0 Å². The smallest absolute Gasteiger partial charge is 0.123 e.